The Morgan fingerprint density at radius 1 is 1.06 bits per heavy atom. The van der Waals surface area contributed by atoms with Gasteiger partial charge in [-0.3, -0.25) is 4.79 Å². The van der Waals surface area contributed by atoms with E-state index in [1.165, 1.54) is 11.1 Å². The quantitative estimate of drug-likeness (QED) is 0.873. The van der Waals surface area contributed by atoms with Crippen LogP contribution in [0.2, 0.25) is 0 Å². The minimum atomic E-state index is -0.0109. The summed E-state index contributed by atoms with van der Waals surface area (Å²) >= 11 is 0. The van der Waals surface area contributed by atoms with Crippen LogP contribution in [0.15, 0.2) is 54.6 Å². The second-order valence-corrected chi connectivity index (χ2v) is 4.36. The molecule has 92 valence electrons. The second-order valence-electron chi connectivity index (χ2n) is 4.36. The largest absolute Gasteiger partial charge is 0.352 e. The van der Waals surface area contributed by atoms with Crippen molar-refractivity contribution in [2.24, 2.45) is 0 Å². The minimum Gasteiger partial charge on any atom is -0.352 e. The Morgan fingerprint density at radius 2 is 1.83 bits per heavy atom. The number of carbonyl (C=O) groups is 1. The third-order valence-electron chi connectivity index (χ3n) is 2.82. The molecule has 0 spiro atoms. The SMILES string of the molecule is Cc1cccc(CCNC(=O)c2ccccc2)c1. The lowest BCUT2D eigenvalue weighted by atomic mass is 10.1. The molecule has 0 heterocycles. The number of nitrogens with one attached hydrogen (secondary N) is 1. The molecular formula is C16H17NO. The Labute approximate surface area is 108 Å². The molecule has 0 aliphatic carbocycles. The van der Waals surface area contributed by atoms with Gasteiger partial charge in [-0.1, -0.05) is 48.0 Å². The topological polar surface area (TPSA) is 29.1 Å². The first-order valence-corrected chi connectivity index (χ1v) is 6.14. The van der Waals surface area contributed by atoms with Gasteiger partial charge in [-0.05, 0) is 31.0 Å². The Morgan fingerprint density at radius 3 is 2.56 bits per heavy atom. The molecule has 2 aromatic carbocycles. The van der Waals surface area contributed by atoms with E-state index in [2.05, 4.69) is 30.4 Å². The average Bonchev–Trinajstić information content (AvgIpc) is 2.40. The van der Waals surface area contributed by atoms with Crippen molar-refractivity contribution in [1.29, 1.82) is 0 Å². The van der Waals surface area contributed by atoms with Gasteiger partial charge < -0.3 is 5.32 Å². The van der Waals surface area contributed by atoms with Crippen LogP contribution >= 0.6 is 0 Å². The second kappa shape index (κ2) is 6.01. The van der Waals surface area contributed by atoms with E-state index in [1.807, 2.05) is 36.4 Å². The molecular weight excluding hydrogens is 222 g/mol. The van der Waals surface area contributed by atoms with Crippen LogP contribution in [0.4, 0.5) is 0 Å². The number of hydrogen-bond donors (Lipinski definition) is 1. The fourth-order valence-electron chi connectivity index (χ4n) is 1.88. The zero-order chi connectivity index (χ0) is 12.8. The van der Waals surface area contributed by atoms with Crippen molar-refractivity contribution >= 4 is 5.91 Å². The summed E-state index contributed by atoms with van der Waals surface area (Å²) in [6.07, 6.45) is 0.861. The minimum absolute atomic E-state index is 0.0109. The predicted octanol–water partition coefficient (Wildman–Crippen LogP) is 2.97. The molecule has 2 nitrogen and oxygen atoms in total. The Balaban J connectivity index is 1.84. The van der Waals surface area contributed by atoms with Crippen LogP contribution in [0, 0.1) is 6.92 Å². The molecule has 2 heteroatoms. The maximum absolute atomic E-state index is 11.8. The molecule has 0 unspecified atom stereocenters. The van der Waals surface area contributed by atoms with Gasteiger partial charge in [0.25, 0.3) is 5.91 Å². The molecule has 0 saturated heterocycles. The highest BCUT2D eigenvalue weighted by atomic mass is 16.1. The highest BCUT2D eigenvalue weighted by Crippen LogP contribution is 2.04. The van der Waals surface area contributed by atoms with Gasteiger partial charge in [-0.15, -0.1) is 0 Å². The lowest BCUT2D eigenvalue weighted by Gasteiger charge is -2.06. The molecule has 18 heavy (non-hydrogen) atoms. The Bertz CT molecular complexity index is 520. The summed E-state index contributed by atoms with van der Waals surface area (Å²) in [6.45, 7) is 2.74. The van der Waals surface area contributed by atoms with Crippen LogP contribution in [0.1, 0.15) is 21.5 Å². The first-order chi connectivity index (χ1) is 8.75. The van der Waals surface area contributed by atoms with Gasteiger partial charge in [0.05, 0.1) is 0 Å². The third-order valence-corrected chi connectivity index (χ3v) is 2.82. The molecule has 0 aliphatic heterocycles. The first kappa shape index (κ1) is 12.4. The van der Waals surface area contributed by atoms with Crippen molar-refractivity contribution in [2.45, 2.75) is 13.3 Å². The molecule has 0 bridgehead atoms. The highest BCUT2D eigenvalue weighted by Gasteiger charge is 2.03. The van der Waals surface area contributed by atoms with Crippen LogP contribution in [0.5, 0.6) is 0 Å². The van der Waals surface area contributed by atoms with Crippen LogP contribution in [0.25, 0.3) is 0 Å². The summed E-state index contributed by atoms with van der Waals surface area (Å²) in [6, 6.07) is 17.6. The molecule has 0 atom stereocenters. The van der Waals surface area contributed by atoms with Gasteiger partial charge in [0.15, 0.2) is 0 Å². The van der Waals surface area contributed by atoms with E-state index in [4.69, 9.17) is 0 Å². The van der Waals surface area contributed by atoms with E-state index in [1.54, 1.807) is 0 Å². The monoisotopic (exact) mass is 239 g/mol. The normalized spacial score (nSPS) is 10.1. The van der Waals surface area contributed by atoms with E-state index < -0.39 is 0 Å². The highest BCUT2D eigenvalue weighted by molar-refractivity contribution is 5.94. The van der Waals surface area contributed by atoms with E-state index in [0.717, 1.165) is 6.42 Å². The van der Waals surface area contributed by atoms with Gasteiger partial charge in [0.1, 0.15) is 0 Å². The zero-order valence-electron chi connectivity index (χ0n) is 10.5. The standard InChI is InChI=1S/C16H17NO/c1-13-6-5-7-14(12-13)10-11-17-16(18)15-8-3-2-4-9-15/h2-9,12H,10-11H2,1H3,(H,17,18). The Hall–Kier alpha value is -2.09. The lowest BCUT2D eigenvalue weighted by Crippen LogP contribution is -2.25. The molecule has 0 aliphatic rings. The first-order valence-electron chi connectivity index (χ1n) is 6.14. The maximum atomic E-state index is 11.8. The van der Waals surface area contributed by atoms with Crippen molar-refractivity contribution in [1.82, 2.24) is 5.32 Å². The molecule has 0 aromatic heterocycles. The average molecular weight is 239 g/mol. The van der Waals surface area contributed by atoms with Crippen LogP contribution in [-0.4, -0.2) is 12.5 Å². The number of aryl methyl sites for hydroxylation is 1. The van der Waals surface area contributed by atoms with Gasteiger partial charge in [-0.25, -0.2) is 0 Å². The van der Waals surface area contributed by atoms with Gasteiger partial charge in [0.2, 0.25) is 0 Å². The van der Waals surface area contributed by atoms with Crippen molar-refractivity contribution in [3.63, 3.8) is 0 Å². The number of benzene rings is 2. The maximum Gasteiger partial charge on any atom is 0.251 e. The molecule has 2 rings (SSSR count). The van der Waals surface area contributed by atoms with E-state index in [0.29, 0.717) is 12.1 Å². The molecule has 0 saturated carbocycles. The van der Waals surface area contributed by atoms with Gasteiger partial charge >= 0.3 is 0 Å². The van der Waals surface area contributed by atoms with Crippen LogP contribution in [-0.2, 0) is 6.42 Å². The van der Waals surface area contributed by atoms with Crippen molar-refractivity contribution in [3.05, 3.63) is 71.3 Å². The summed E-state index contributed by atoms with van der Waals surface area (Å²) < 4.78 is 0. The molecule has 1 N–H and O–H groups in total. The lowest BCUT2D eigenvalue weighted by molar-refractivity contribution is 0.0954. The number of carbonyl (C=O) groups excluding carboxylic acids is 1. The molecule has 0 radical (unpaired) electrons. The van der Waals surface area contributed by atoms with E-state index >= 15 is 0 Å². The van der Waals surface area contributed by atoms with Crippen molar-refractivity contribution in [3.8, 4) is 0 Å². The van der Waals surface area contributed by atoms with E-state index in [9.17, 15) is 4.79 Å². The van der Waals surface area contributed by atoms with E-state index in [-0.39, 0.29) is 5.91 Å². The molecule has 0 fully saturated rings. The Kier molecular flexibility index (Phi) is 4.13. The van der Waals surface area contributed by atoms with Gasteiger partial charge in [-0.2, -0.15) is 0 Å². The fraction of sp³-hybridized carbons (Fsp3) is 0.188. The zero-order valence-corrected chi connectivity index (χ0v) is 10.5. The number of amides is 1. The summed E-state index contributed by atoms with van der Waals surface area (Å²) in [4.78, 5) is 11.8. The summed E-state index contributed by atoms with van der Waals surface area (Å²) in [5, 5.41) is 2.93. The van der Waals surface area contributed by atoms with Gasteiger partial charge in [0, 0.05) is 12.1 Å². The van der Waals surface area contributed by atoms with Crippen LogP contribution in [0.3, 0.4) is 0 Å². The number of rotatable bonds is 4. The van der Waals surface area contributed by atoms with Crippen LogP contribution < -0.4 is 5.32 Å². The summed E-state index contributed by atoms with van der Waals surface area (Å²) in [7, 11) is 0. The van der Waals surface area contributed by atoms with Crippen molar-refractivity contribution in [2.75, 3.05) is 6.54 Å². The predicted molar refractivity (Wildman–Crippen MR) is 73.7 cm³/mol. The molecule has 2 aromatic rings. The van der Waals surface area contributed by atoms with Crippen molar-refractivity contribution < 1.29 is 4.79 Å². The fourth-order valence-corrected chi connectivity index (χ4v) is 1.88. The smallest absolute Gasteiger partial charge is 0.251 e. The third kappa shape index (κ3) is 3.45. The molecule has 1 amide bonds. The number of hydrogen-bond acceptors (Lipinski definition) is 1. The summed E-state index contributed by atoms with van der Waals surface area (Å²) in [5.74, 6) is -0.0109. The summed E-state index contributed by atoms with van der Waals surface area (Å²) in [5.41, 5.74) is 3.21.